The molecule has 0 aliphatic carbocycles. The molecule has 0 atom stereocenters. The monoisotopic (exact) mass is 170 g/mol. The van der Waals surface area contributed by atoms with Crippen molar-refractivity contribution in [1.29, 1.82) is 0 Å². The Morgan fingerprint density at radius 3 is 3.38 bits per heavy atom. The molecule has 3 rings (SSSR count). The Morgan fingerprint density at radius 1 is 1.38 bits per heavy atom. The van der Waals surface area contributed by atoms with Crippen LogP contribution in [0.2, 0.25) is 0 Å². The predicted molar refractivity (Wildman–Crippen MR) is 45.8 cm³/mol. The van der Waals surface area contributed by atoms with Crippen molar-refractivity contribution in [1.82, 2.24) is 25.4 Å². The molecule has 2 heterocycles. The summed E-state index contributed by atoms with van der Waals surface area (Å²) >= 11 is 0. The Labute approximate surface area is 72.8 Å². The molecule has 0 unspecified atom stereocenters. The second-order valence-electron chi connectivity index (χ2n) is 2.67. The van der Waals surface area contributed by atoms with Crippen molar-refractivity contribution in [3.05, 3.63) is 24.7 Å². The lowest BCUT2D eigenvalue weighted by Crippen LogP contribution is -1.81. The highest BCUT2D eigenvalue weighted by atomic mass is 15.3. The van der Waals surface area contributed by atoms with Crippen LogP contribution in [0.4, 0.5) is 0 Å². The first-order valence-corrected chi connectivity index (χ1v) is 3.76. The van der Waals surface area contributed by atoms with E-state index in [0.29, 0.717) is 0 Å². The van der Waals surface area contributed by atoms with Crippen molar-refractivity contribution >= 4 is 21.9 Å². The summed E-state index contributed by atoms with van der Waals surface area (Å²) in [5.41, 5.74) is 2.32. The third-order valence-corrected chi connectivity index (χ3v) is 1.85. The molecule has 13 heavy (non-hydrogen) atoms. The number of aromatic nitrogens is 5. The second-order valence-corrected chi connectivity index (χ2v) is 2.67. The molecule has 0 amide bonds. The number of benzene rings is 1. The van der Waals surface area contributed by atoms with Crippen molar-refractivity contribution < 1.29 is 0 Å². The smallest absolute Gasteiger partial charge is 0.116 e. The summed E-state index contributed by atoms with van der Waals surface area (Å²) in [5.74, 6) is 0. The Hall–Kier alpha value is -2.04. The predicted octanol–water partition coefficient (Wildman–Crippen LogP) is 0.701. The summed E-state index contributed by atoms with van der Waals surface area (Å²) in [5, 5.41) is 11.2. The van der Waals surface area contributed by atoms with Crippen LogP contribution >= 0.6 is 0 Å². The number of hydrogen-bond donors (Lipinski definition) is 1. The van der Waals surface area contributed by atoms with Gasteiger partial charge in [-0.2, -0.15) is 0 Å². The highest BCUT2D eigenvalue weighted by molar-refractivity contribution is 5.90. The number of aromatic amines is 1. The van der Waals surface area contributed by atoms with E-state index in [1.807, 2.05) is 6.07 Å². The number of nitrogens with one attached hydrogen (secondary N) is 1. The maximum atomic E-state index is 4.07. The molecule has 61 valence electrons. The molecule has 0 aliphatic rings. The van der Waals surface area contributed by atoms with Crippen LogP contribution < -0.4 is 0 Å². The van der Waals surface area contributed by atoms with Crippen molar-refractivity contribution in [2.45, 2.75) is 0 Å². The topological polar surface area (TPSA) is 67.3 Å². The first kappa shape index (κ1) is 6.47. The van der Waals surface area contributed by atoms with E-state index in [4.69, 9.17) is 0 Å². The second kappa shape index (κ2) is 2.22. The van der Waals surface area contributed by atoms with Gasteiger partial charge in [-0.1, -0.05) is 5.21 Å². The average Bonchev–Trinajstić information content (AvgIpc) is 2.61. The molecule has 0 bridgehead atoms. The minimum Gasteiger partial charge on any atom is -0.257 e. The Morgan fingerprint density at radius 2 is 2.38 bits per heavy atom. The minimum atomic E-state index is 0.770. The summed E-state index contributed by atoms with van der Waals surface area (Å²) in [4.78, 5) is 7.98. The van der Waals surface area contributed by atoms with Gasteiger partial charge in [-0.05, 0) is 6.07 Å². The van der Waals surface area contributed by atoms with Crippen molar-refractivity contribution in [3.8, 4) is 0 Å². The standard InChI is InChI=1S/C8H4N5/c1-5-3-9-4-10-6(5)2-8-7(1)11-13-12-8/h1,3-4H,(H,11,12,13). The zero-order valence-corrected chi connectivity index (χ0v) is 6.52. The molecular weight excluding hydrogens is 166 g/mol. The van der Waals surface area contributed by atoms with Gasteiger partial charge in [0.25, 0.3) is 0 Å². The highest BCUT2D eigenvalue weighted by Crippen LogP contribution is 2.15. The highest BCUT2D eigenvalue weighted by Gasteiger charge is 2.01. The van der Waals surface area contributed by atoms with Gasteiger partial charge in [-0.25, -0.2) is 9.97 Å². The van der Waals surface area contributed by atoms with Crippen molar-refractivity contribution in [3.63, 3.8) is 0 Å². The molecule has 2 aromatic heterocycles. The van der Waals surface area contributed by atoms with E-state index in [1.165, 1.54) is 6.33 Å². The van der Waals surface area contributed by atoms with Gasteiger partial charge in [0.15, 0.2) is 0 Å². The van der Waals surface area contributed by atoms with E-state index < -0.39 is 0 Å². The summed E-state index contributed by atoms with van der Waals surface area (Å²) in [7, 11) is 0. The van der Waals surface area contributed by atoms with E-state index in [1.54, 1.807) is 6.20 Å². The zero-order valence-electron chi connectivity index (χ0n) is 6.52. The number of hydrogen-bond acceptors (Lipinski definition) is 4. The van der Waals surface area contributed by atoms with Crippen molar-refractivity contribution in [2.24, 2.45) is 0 Å². The number of nitrogens with zero attached hydrogens (tertiary/aromatic N) is 4. The van der Waals surface area contributed by atoms with E-state index in [9.17, 15) is 0 Å². The molecule has 0 saturated heterocycles. The van der Waals surface area contributed by atoms with Gasteiger partial charge in [-0.15, -0.1) is 5.10 Å². The molecule has 0 saturated carbocycles. The van der Waals surface area contributed by atoms with Gasteiger partial charge in [0.1, 0.15) is 11.8 Å². The summed E-state index contributed by atoms with van der Waals surface area (Å²) in [6.07, 6.45) is 3.22. The molecular formula is C8H4N5. The first-order valence-electron chi connectivity index (χ1n) is 3.76. The van der Waals surface area contributed by atoms with E-state index >= 15 is 0 Å². The Balaban J connectivity index is 2.57. The molecule has 5 nitrogen and oxygen atoms in total. The molecule has 3 aromatic rings. The lowest BCUT2D eigenvalue weighted by molar-refractivity contribution is 0.959. The van der Waals surface area contributed by atoms with Gasteiger partial charge in [0.2, 0.25) is 0 Å². The fourth-order valence-corrected chi connectivity index (χ4v) is 1.25. The van der Waals surface area contributed by atoms with Crippen LogP contribution in [0.25, 0.3) is 21.9 Å². The summed E-state index contributed by atoms with van der Waals surface area (Å²) in [6, 6.07) is 4.94. The average molecular weight is 170 g/mol. The molecule has 0 fully saturated rings. The molecule has 1 aromatic carbocycles. The fourth-order valence-electron chi connectivity index (χ4n) is 1.25. The maximum Gasteiger partial charge on any atom is 0.116 e. The van der Waals surface area contributed by atoms with Crippen LogP contribution in [-0.4, -0.2) is 25.4 Å². The maximum absolute atomic E-state index is 4.07. The SMILES string of the molecule is [c]1c2ncncc2cc2nn[nH]c12. The Bertz CT molecular complexity index is 521. The van der Waals surface area contributed by atoms with Gasteiger partial charge < -0.3 is 0 Å². The molecule has 0 aliphatic heterocycles. The van der Waals surface area contributed by atoms with Gasteiger partial charge in [-0.3, -0.25) is 5.10 Å². The van der Waals surface area contributed by atoms with E-state index in [0.717, 1.165) is 21.9 Å². The van der Waals surface area contributed by atoms with E-state index in [-0.39, 0.29) is 0 Å². The zero-order chi connectivity index (χ0) is 8.67. The quantitative estimate of drug-likeness (QED) is 0.539. The van der Waals surface area contributed by atoms with Crippen molar-refractivity contribution in [2.75, 3.05) is 0 Å². The number of fused-ring (bicyclic) bond motifs is 2. The number of rotatable bonds is 0. The lowest BCUT2D eigenvalue weighted by Gasteiger charge is -1.92. The summed E-state index contributed by atoms with van der Waals surface area (Å²) in [6.45, 7) is 0. The minimum absolute atomic E-state index is 0.770. The Kier molecular flexibility index (Phi) is 1.11. The van der Waals surface area contributed by atoms with Crippen LogP contribution in [-0.2, 0) is 0 Å². The molecule has 1 N–H and O–H groups in total. The lowest BCUT2D eigenvalue weighted by atomic mass is 10.2. The normalized spacial score (nSPS) is 11.1. The van der Waals surface area contributed by atoms with Gasteiger partial charge in [0, 0.05) is 17.6 Å². The van der Waals surface area contributed by atoms with Gasteiger partial charge in [0.05, 0.1) is 11.0 Å². The third kappa shape index (κ3) is 0.868. The van der Waals surface area contributed by atoms with Crippen LogP contribution in [0, 0.1) is 6.07 Å². The van der Waals surface area contributed by atoms with Crippen LogP contribution in [0.1, 0.15) is 0 Å². The van der Waals surface area contributed by atoms with Crippen LogP contribution in [0.5, 0.6) is 0 Å². The van der Waals surface area contributed by atoms with Gasteiger partial charge >= 0.3 is 0 Å². The van der Waals surface area contributed by atoms with Crippen LogP contribution in [0.3, 0.4) is 0 Å². The first-order chi connectivity index (χ1) is 6.43. The fraction of sp³-hybridized carbons (Fsp3) is 0. The van der Waals surface area contributed by atoms with E-state index in [2.05, 4.69) is 31.4 Å². The largest absolute Gasteiger partial charge is 0.257 e. The molecule has 1 radical (unpaired) electrons. The summed E-state index contributed by atoms with van der Waals surface area (Å²) < 4.78 is 0. The molecule has 0 spiro atoms. The third-order valence-electron chi connectivity index (χ3n) is 1.85. The number of H-pyrrole nitrogens is 1. The van der Waals surface area contributed by atoms with Crippen LogP contribution in [0.15, 0.2) is 18.6 Å². The molecule has 5 heteroatoms.